The maximum absolute atomic E-state index is 13.1. The summed E-state index contributed by atoms with van der Waals surface area (Å²) in [5, 5.41) is 4.81. The van der Waals surface area contributed by atoms with Crippen LogP contribution in [0.25, 0.3) is 0 Å². The second-order valence-electron chi connectivity index (χ2n) is 5.99. The maximum atomic E-state index is 13.1. The van der Waals surface area contributed by atoms with Gasteiger partial charge in [0.2, 0.25) is 11.8 Å². The minimum absolute atomic E-state index is 0.0934. The van der Waals surface area contributed by atoms with Gasteiger partial charge >= 0.3 is 5.97 Å². The Morgan fingerprint density at radius 3 is 2.46 bits per heavy atom. The monoisotopic (exact) mass is 361 g/mol. The van der Waals surface area contributed by atoms with Crippen LogP contribution in [0.15, 0.2) is 29.4 Å². The summed E-state index contributed by atoms with van der Waals surface area (Å²) in [4.78, 5) is 50.5. The summed E-state index contributed by atoms with van der Waals surface area (Å²) in [7, 11) is 0. The molecule has 9 heteroatoms. The van der Waals surface area contributed by atoms with Crippen molar-refractivity contribution in [3.8, 4) is 0 Å². The van der Waals surface area contributed by atoms with Gasteiger partial charge in [-0.25, -0.2) is 19.1 Å². The second kappa shape index (κ2) is 6.32. The van der Waals surface area contributed by atoms with E-state index in [0.29, 0.717) is 0 Å². The van der Waals surface area contributed by atoms with Crippen molar-refractivity contribution in [1.29, 1.82) is 0 Å². The number of amides is 3. The Labute approximate surface area is 148 Å². The molecule has 8 nitrogen and oxygen atoms in total. The molecule has 136 valence electrons. The van der Waals surface area contributed by atoms with Gasteiger partial charge < -0.3 is 4.74 Å². The van der Waals surface area contributed by atoms with E-state index < -0.39 is 35.0 Å². The highest BCUT2D eigenvalue weighted by Gasteiger charge is 2.61. The second-order valence-corrected chi connectivity index (χ2v) is 5.99. The van der Waals surface area contributed by atoms with Crippen LogP contribution in [0.4, 0.5) is 10.1 Å². The maximum Gasteiger partial charge on any atom is 0.354 e. The number of hydrazone groups is 1. The van der Waals surface area contributed by atoms with E-state index in [9.17, 15) is 23.6 Å². The Morgan fingerprint density at radius 2 is 1.88 bits per heavy atom. The van der Waals surface area contributed by atoms with Crippen LogP contribution in [0.1, 0.15) is 26.7 Å². The van der Waals surface area contributed by atoms with Gasteiger partial charge in [0.15, 0.2) is 5.54 Å². The zero-order valence-electron chi connectivity index (χ0n) is 14.2. The molecule has 0 radical (unpaired) electrons. The summed E-state index contributed by atoms with van der Waals surface area (Å²) in [6, 6.07) is 4.84. The molecule has 1 unspecified atom stereocenters. The highest BCUT2D eigenvalue weighted by molar-refractivity contribution is 6.39. The molecule has 1 aromatic rings. The number of hydrogen-bond acceptors (Lipinski definition) is 6. The molecular formula is C17H16FN3O5. The Bertz CT molecular complexity index is 835. The molecule has 0 saturated carbocycles. The van der Waals surface area contributed by atoms with E-state index in [-0.39, 0.29) is 30.8 Å². The highest BCUT2D eigenvalue weighted by atomic mass is 19.1. The average molecular weight is 361 g/mol. The van der Waals surface area contributed by atoms with Crippen molar-refractivity contribution in [1.82, 2.24) is 5.01 Å². The fourth-order valence-electron chi connectivity index (χ4n) is 3.18. The van der Waals surface area contributed by atoms with Crippen molar-refractivity contribution >= 4 is 35.1 Å². The zero-order chi connectivity index (χ0) is 19.1. The van der Waals surface area contributed by atoms with Crippen molar-refractivity contribution in [3.05, 3.63) is 30.1 Å². The molecule has 2 aliphatic heterocycles. The first-order chi connectivity index (χ1) is 12.3. The normalized spacial score (nSPS) is 22.2. The smallest absolute Gasteiger partial charge is 0.354 e. The number of benzene rings is 1. The standard InChI is InChI=1S/C17H16FN3O5/c1-3-26-15(24)13-8-17(21(19-13)10(2)22)9-14(23)20(16(17)25)12-6-4-11(18)5-7-12/h4-7H,3,8-9H2,1-2H3. The molecular weight excluding hydrogens is 345 g/mol. The summed E-state index contributed by atoms with van der Waals surface area (Å²) in [6.45, 7) is 2.92. The number of carbonyl (C=O) groups excluding carboxylic acids is 4. The first-order valence-corrected chi connectivity index (χ1v) is 7.98. The summed E-state index contributed by atoms with van der Waals surface area (Å²) in [5.41, 5.74) is -1.50. The summed E-state index contributed by atoms with van der Waals surface area (Å²) >= 11 is 0. The molecule has 1 aromatic carbocycles. The first-order valence-electron chi connectivity index (χ1n) is 7.98. The lowest BCUT2D eigenvalue weighted by Gasteiger charge is -2.28. The molecule has 3 rings (SSSR count). The lowest BCUT2D eigenvalue weighted by Crippen LogP contribution is -2.51. The van der Waals surface area contributed by atoms with Gasteiger partial charge in [-0.2, -0.15) is 5.10 Å². The first kappa shape index (κ1) is 17.7. The lowest BCUT2D eigenvalue weighted by molar-refractivity contribution is -0.141. The summed E-state index contributed by atoms with van der Waals surface area (Å²) in [6.07, 6.45) is -0.539. The minimum atomic E-state index is -1.60. The highest BCUT2D eigenvalue weighted by Crippen LogP contribution is 2.40. The van der Waals surface area contributed by atoms with E-state index in [1.165, 1.54) is 19.1 Å². The molecule has 2 aliphatic rings. The SMILES string of the molecule is CCOC(=O)C1=NN(C(C)=O)C2(CC(=O)N(c3ccc(F)cc3)C2=O)C1. The molecule has 3 amide bonds. The van der Waals surface area contributed by atoms with Crippen LogP contribution in [-0.2, 0) is 23.9 Å². The van der Waals surface area contributed by atoms with Crippen LogP contribution >= 0.6 is 0 Å². The van der Waals surface area contributed by atoms with E-state index in [0.717, 1.165) is 22.0 Å². The van der Waals surface area contributed by atoms with E-state index >= 15 is 0 Å². The zero-order valence-corrected chi connectivity index (χ0v) is 14.2. The van der Waals surface area contributed by atoms with Crippen molar-refractivity contribution < 1.29 is 28.3 Å². The number of imide groups is 1. The number of hydrogen-bond donors (Lipinski definition) is 0. The number of halogens is 1. The Hall–Kier alpha value is -3.10. The van der Waals surface area contributed by atoms with Crippen LogP contribution in [0, 0.1) is 5.82 Å². The Morgan fingerprint density at radius 1 is 1.23 bits per heavy atom. The van der Waals surface area contributed by atoms with Crippen molar-refractivity contribution in [2.75, 3.05) is 11.5 Å². The van der Waals surface area contributed by atoms with E-state index in [1.54, 1.807) is 6.92 Å². The van der Waals surface area contributed by atoms with E-state index in [2.05, 4.69) is 5.10 Å². The molecule has 0 bridgehead atoms. The van der Waals surface area contributed by atoms with Gasteiger partial charge in [0.1, 0.15) is 11.5 Å². The van der Waals surface area contributed by atoms with Gasteiger partial charge in [0, 0.05) is 13.3 Å². The molecule has 2 heterocycles. The minimum Gasteiger partial charge on any atom is -0.461 e. The molecule has 1 spiro atoms. The van der Waals surface area contributed by atoms with Crippen molar-refractivity contribution in [2.45, 2.75) is 32.2 Å². The van der Waals surface area contributed by atoms with Gasteiger partial charge in [0.05, 0.1) is 18.7 Å². The molecule has 0 aromatic heterocycles. The van der Waals surface area contributed by atoms with E-state index in [1.807, 2.05) is 0 Å². The van der Waals surface area contributed by atoms with Crippen LogP contribution in [-0.4, -0.2) is 46.6 Å². The number of ether oxygens (including phenoxy) is 1. The molecule has 1 fully saturated rings. The number of carbonyl (C=O) groups is 4. The quantitative estimate of drug-likeness (QED) is 0.591. The predicted octanol–water partition coefficient (Wildman–Crippen LogP) is 0.999. The fourth-order valence-corrected chi connectivity index (χ4v) is 3.18. The Balaban J connectivity index is 1.98. The summed E-state index contributed by atoms with van der Waals surface area (Å²) in [5.74, 6) is -3.08. The third kappa shape index (κ3) is 2.65. The van der Waals surface area contributed by atoms with Crippen molar-refractivity contribution in [3.63, 3.8) is 0 Å². The van der Waals surface area contributed by atoms with Gasteiger partial charge in [-0.1, -0.05) is 0 Å². The number of anilines is 1. The van der Waals surface area contributed by atoms with Gasteiger partial charge in [-0.05, 0) is 31.2 Å². The molecule has 26 heavy (non-hydrogen) atoms. The predicted molar refractivity (Wildman–Crippen MR) is 87.4 cm³/mol. The molecule has 1 atom stereocenters. The number of esters is 1. The molecule has 0 N–H and O–H groups in total. The van der Waals surface area contributed by atoms with E-state index in [4.69, 9.17) is 4.74 Å². The van der Waals surface area contributed by atoms with Crippen LogP contribution in [0.3, 0.4) is 0 Å². The number of rotatable bonds is 3. The van der Waals surface area contributed by atoms with Gasteiger partial charge in [-0.3, -0.25) is 14.4 Å². The van der Waals surface area contributed by atoms with Crippen LogP contribution < -0.4 is 4.90 Å². The largest absolute Gasteiger partial charge is 0.461 e. The van der Waals surface area contributed by atoms with Crippen LogP contribution in [0.2, 0.25) is 0 Å². The summed E-state index contributed by atoms with van der Waals surface area (Å²) < 4.78 is 18.0. The number of nitrogens with zero attached hydrogens (tertiary/aromatic N) is 3. The van der Waals surface area contributed by atoms with Crippen molar-refractivity contribution in [2.24, 2.45) is 5.10 Å². The topological polar surface area (TPSA) is 96.3 Å². The molecule has 1 saturated heterocycles. The lowest BCUT2D eigenvalue weighted by atomic mass is 9.91. The Kier molecular flexibility index (Phi) is 4.31. The molecule has 0 aliphatic carbocycles. The van der Waals surface area contributed by atoms with Gasteiger partial charge in [-0.15, -0.1) is 0 Å². The van der Waals surface area contributed by atoms with Gasteiger partial charge in [0.25, 0.3) is 5.91 Å². The average Bonchev–Trinajstić information content (AvgIpc) is 3.08. The van der Waals surface area contributed by atoms with Crippen LogP contribution in [0.5, 0.6) is 0 Å². The fraction of sp³-hybridized carbons (Fsp3) is 0.353. The third-order valence-corrected chi connectivity index (χ3v) is 4.27. The third-order valence-electron chi connectivity index (χ3n) is 4.27.